The fourth-order valence-electron chi connectivity index (χ4n) is 4.87. The summed E-state index contributed by atoms with van der Waals surface area (Å²) < 4.78 is 26.9. The maximum absolute atomic E-state index is 14.6. The minimum atomic E-state index is -0.654. The first-order valence-corrected chi connectivity index (χ1v) is 13.0. The van der Waals surface area contributed by atoms with Crippen molar-refractivity contribution in [2.24, 2.45) is 0 Å². The van der Waals surface area contributed by atoms with E-state index in [0.717, 1.165) is 18.5 Å². The van der Waals surface area contributed by atoms with Crippen LogP contribution in [0.25, 0.3) is 21.8 Å². The summed E-state index contributed by atoms with van der Waals surface area (Å²) in [4.78, 5) is 28.2. The number of hydrogen-bond acceptors (Lipinski definition) is 9. The summed E-state index contributed by atoms with van der Waals surface area (Å²) >= 11 is 6.31. The molecule has 0 amide bonds. The lowest BCUT2D eigenvalue weighted by Gasteiger charge is -2.24. The lowest BCUT2D eigenvalue weighted by molar-refractivity contribution is -0.111. The molecule has 2 N–H and O–H groups in total. The van der Waals surface area contributed by atoms with Gasteiger partial charge in [0.1, 0.15) is 28.3 Å². The third-order valence-electron chi connectivity index (χ3n) is 6.86. The SMILES string of the molecule is C=CC(=O)C1=CCCN(c2nc(O[C@@H]3CCNC3)nc3c(Oc4c(Cl)c(F)cc5[nH]ncc45)nccc23)CC1. The summed E-state index contributed by atoms with van der Waals surface area (Å²) in [5.41, 5.74) is 1.55. The molecule has 1 aromatic carbocycles. The Balaban J connectivity index is 1.44. The van der Waals surface area contributed by atoms with E-state index in [4.69, 9.17) is 26.1 Å². The Morgan fingerprint density at radius 1 is 1.28 bits per heavy atom. The third kappa shape index (κ3) is 4.90. The van der Waals surface area contributed by atoms with Gasteiger partial charge in [-0.1, -0.05) is 24.3 Å². The molecule has 12 heteroatoms. The van der Waals surface area contributed by atoms with Crippen LogP contribution in [0.5, 0.6) is 17.6 Å². The normalized spacial score (nSPS) is 17.7. The van der Waals surface area contributed by atoms with Gasteiger partial charge in [-0.2, -0.15) is 15.1 Å². The van der Waals surface area contributed by atoms with Gasteiger partial charge in [-0.3, -0.25) is 9.89 Å². The molecule has 1 fully saturated rings. The molecular weight excluding hydrogens is 525 g/mol. The molecule has 0 spiro atoms. The number of aromatic nitrogens is 5. The smallest absolute Gasteiger partial charge is 0.319 e. The number of carbonyl (C=O) groups is 1. The second kappa shape index (κ2) is 10.6. The Morgan fingerprint density at radius 2 is 2.18 bits per heavy atom. The van der Waals surface area contributed by atoms with Crippen LogP contribution in [-0.2, 0) is 4.79 Å². The average Bonchev–Trinajstić information content (AvgIpc) is 3.57. The first-order chi connectivity index (χ1) is 19.0. The van der Waals surface area contributed by atoms with Crippen molar-refractivity contribution < 1.29 is 18.7 Å². The minimum absolute atomic E-state index is 0.0698. The van der Waals surface area contributed by atoms with E-state index in [-0.39, 0.29) is 34.5 Å². The lowest BCUT2D eigenvalue weighted by Crippen LogP contribution is -2.27. The van der Waals surface area contributed by atoms with Crippen LogP contribution in [-0.4, -0.2) is 63.2 Å². The summed E-state index contributed by atoms with van der Waals surface area (Å²) in [5.74, 6) is 0.108. The minimum Gasteiger partial charge on any atom is -0.459 e. The Bertz CT molecular complexity index is 1620. The monoisotopic (exact) mass is 549 g/mol. The van der Waals surface area contributed by atoms with Crippen molar-refractivity contribution in [2.45, 2.75) is 25.4 Å². The highest BCUT2D eigenvalue weighted by Crippen LogP contribution is 2.40. The molecule has 2 aliphatic heterocycles. The van der Waals surface area contributed by atoms with E-state index in [0.29, 0.717) is 60.1 Å². The second-order valence-electron chi connectivity index (χ2n) is 9.33. The number of pyridine rings is 1. The average molecular weight is 550 g/mol. The number of hydrogen-bond donors (Lipinski definition) is 2. The highest BCUT2D eigenvalue weighted by atomic mass is 35.5. The summed E-state index contributed by atoms with van der Waals surface area (Å²) in [6.07, 6.45) is 8.33. The van der Waals surface area contributed by atoms with Crippen molar-refractivity contribution in [3.05, 3.63) is 59.7 Å². The molecule has 5 heterocycles. The number of aromatic amines is 1. The van der Waals surface area contributed by atoms with E-state index >= 15 is 0 Å². The molecule has 1 saturated heterocycles. The molecule has 10 nitrogen and oxygen atoms in total. The number of ketones is 1. The van der Waals surface area contributed by atoms with Crippen LogP contribution in [0.4, 0.5) is 10.2 Å². The fourth-order valence-corrected chi connectivity index (χ4v) is 5.07. The van der Waals surface area contributed by atoms with Gasteiger partial charge in [-0.05, 0) is 43.5 Å². The topological polar surface area (TPSA) is 118 Å². The standard InChI is InChI=1S/C27H25ClFN7O3/c1-2-21(37)15-4-3-10-36(11-7-15)25-17-6-9-31-26(23(17)33-27(34-25)38-16-5-8-30-13-16)39-24-18-14-32-35-20(18)12-19(29)22(24)28/h2,4,6,9,12,14,16,30H,1,3,5,7-8,10-11,13H2,(H,32,35)/t16-/m1/s1. The zero-order valence-corrected chi connectivity index (χ0v) is 21.7. The molecule has 2 aliphatic rings. The lowest BCUT2D eigenvalue weighted by atomic mass is 10.1. The fraction of sp³-hybridized carbons (Fsp3) is 0.296. The van der Waals surface area contributed by atoms with Crippen LogP contribution >= 0.6 is 11.6 Å². The number of benzene rings is 1. The summed E-state index contributed by atoms with van der Waals surface area (Å²) in [6, 6.07) is 3.24. The van der Waals surface area contributed by atoms with Gasteiger partial charge < -0.3 is 19.7 Å². The maximum atomic E-state index is 14.6. The number of nitrogens with zero attached hydrogens (tertiary/aromatic N) is 5. The molecular formula is C27H25ClFN7O3. The zero-order valence-electron chi connectivity index (χ0n) is 20.9. The third-order valence-corrected chi connectivity index (χ3v) is 7.21. The number of carbonyl (C=O) groups excluding carboxylic acids is 1. The number of H-pyrrole nitrogens is 1. The number of ether oxygens (including phenoxy) is 2. The van der Waals surface area contributed by atoms with Gasteiger partial charge >= 0.3 is 6.01 Å². The molecule has 0 radical (unpaired) electrons. The second-order valence-corrected chi connectivity index (χ2v) is 9.71. The molecule has 4 aromatic rings. The van der Waals surface area contributed by atoms with Crippen molar-refractivity contribution in [1.29, 1.82) is 0 Å². The maximum Gasteiger partial charge on any atom is 0.319 e. The first-order valence-electron chi connectivity index (χ1n) is 12.7. The van der Waals surface area contributed by atoms with Crippen molar-refractivity contribution in [3.63, 3.8) is 0 Å². The Morgan fingerprint density at radius 3 is 3.00 bits per heavy atom. The molecule has 0 bridgehead atoms. The predicted molar refractivity (Wildman–Crippen MR) is 145 cm³/mol. The number of allylic oxidation sites excluding steroid dienone is 1. The molecule has 3 aromatic heterocycles. The highest BCUT2D eigenvalue weighted by Gasteiger charge is 2.25. The zero-order chi connectivity index (χ0) is 26.9. The molecule has 6 rings (SSSR count). The van der Waals surface area contributed by atoms with Crippen LogP contribution in [0.2, 0.25) is 5.02 Å². The van der Waals surface area contributed by atoms with Crippen molar-refractivity contribution in [2.75, 3.05) is 31.1 Å². The first kappa shape index (κ1) is 25.2. The number of anilines is 1. The molecule has 0 aliphatic carbocycles. The number of fused-ring (bicyclic) bond motifs is 2. The van der Waals surface area contributed by atoms with Gasteiger partial charge in [0.05, 0.1) is 22.5 Å². The number of nitrogens with one attached hydrogen (secondary N) is 2. The Labute approximate surface area is 227 Å². The molecule has 200 valence electrons. The van der Waals surface area contributed by atoms with Crippen molar-refractivity contribution in [3.8, 4) is 17.6 Å². The van der Waals surface area contributed by atoms with Crippen LogP contribution < -0.4 is 19.7 Å². The number of rotatable bonds is 7. The largest absolute Gasteiger partial charge is 0.459 e. The van der Waals surface area contributed by atoms with Gasteiger partial charge in [0.2, 0.25) is 5.88 Å². The van der Waals surface area contributed by atoms with Crippen LogP contribution in [0.3, 0.4) is 0 Å². The summed E-state index contributed by atoms with van der Waals surface area (Å²) in [6.45, 7) is 6.34. The summed E-state index contributed by atoms with van der Waals surface area (Å²) in [7, 11) is 0. The van der Waals surface area contributed by atoms with Crippen molar-refractivity contribution in [1.82, 2.24) is 30.5 Å². The van der Waals surface area contributed by atoms with E-state index in [2.05, 4.69) is 37.0 Å². The van der Waals surface area contributed by atoms with E-state index < -0.39 is 5.82 Å². The van der Waals surface area contributed by atoms with E-state index in [1.807, 2.05) is 6.08 Å². The van der Waals surface area contributed by atoms with Crippen LogP contribution in [0.15, 0.2) is 48.8 Å². The van der Waals surface area contributed by atoms with Gasteiger partial charge in [0.15, 0.2) is 11.5 Å². The predicted octanol–water partition coefficient (Wildman–Crippen LogP) is 4.51. The highest BCUT2D eigenvalue weighted by molar-refractivity contribution is 6.33. The Hall–Kier alpha value is -4.09. The van der Waals surface area contributed by atoms with Crippen LogP contribution in [0.1, 0.15) is 19.3 Å². The number of halogens is 2. The molecule has 39 heavy (non-hydrogen) atoms. The van der Waals surface area contributed by atoms with Gasteiger partial charge in [-0.25, -0.2) is 9.37 Å². The van der Waals surface area contributed by atoms with Gasteiger partial charge in [0.25, 0.3) is 0 Å². The van der Waals surface area contributed by atoms with Crippen molar-refractivity contribution >= 4 is 45.0 Å². The van der Waals surface area contributed by atoms with E-state index in [1.54, 1.807) is 12.3 Å². The molecule has 0 unspecified atom stereocenters. The van der Waals surface area contributed by atoms with E-state index in [9.17, 15) is 9.18 Å². The quantitative estimate of drug-likeness (QED) is 0.321. The van der Waals surface area contributed by atoms with E-state index in [1.165, 1.54) is 18.3 Å². The summed E-state index contributed by atoms with van der Waals surface area (Å²) in [5, 5.41) is 11.0. The van der Waals surface area contributed by atoms with Gasteiger partial charge in [-0.15, -0.1) is 0 Å². The van der Waals surface area contributed by atoms with Crippen LogP contribution in [0, 0.1) is 5.82 Å². The van der Waals surface area contributed by atoms with Gasteiger partial charge in [0, 0.05) is 31.9 Å². The Kier molecular flexibility index (Phi) is 6.84. The molecule has 0 saturated carbocycles. The molecule has 1 atom stereocenters.